The van der Waals surface area contributed by atoms with Gasteiger partial charge in [-0.25, -0.2) is 0 Å². The molecule has 3 heteroatoms. The molecule has 0 aliphatic rings. The topological polar surface area (TPSA) is 20.2 Å². The Balaban J connectivity index is 3.38. The van der Waals surface area contributed by atoms with Crippen LogP contribution in [-0.2, 0) is 5.41 Å². The SMILES string of the molecule is CC(C)(C)c1c(Cl)cc(O)cc1Cl. The summed E-state index contributed by atoms with van der Waals surface area (Å²) in [5.74, 6) is 0.100. The van der Waals surface area contributed by atoms with Gasteiger partial charge < -0.3 is 5.11 Å². The van der Waals surface area contributed by atoms with Gasteiger partial charge in [-0.2, -0.15) is 0 Å². The second-order valence-electron chi connectivity index (χ2n) is 4.03. The Morgan fingerprint density at radius 2 is 1.46 bits per heavy atom. The molecule has 0 aliphatic carbocycles. The van der Waals surface area contributed by atoms with Crippen LogP contribution in [0.2, 0.25) is 10.0 Å². The minimum atomic E-state index is -0.109. The van der Waals surface area contributed by atoms with Gasteiger partial charge >= 0.3 is 0 Å². The quantitative estimate of drug-likeness (QED) is 0.699. The highest BCUT2D eigenvalue weighted by Crippen LogP contribution is 2.37. The summed E-state index contributed by atoms with van der Waals surface area (Å²) in [7, 11) is 0. The third-order valence-corrected chi connectivity index (χ3v) is 2.37. The Morgan fingerprint density at radius 3 is 1.77 bits per heavy atom. The zero-order valence-electron chi connectivity index (χ0n) is 7.86. The molecule has 1 nitrogen and oxygen atoms in total. The molecule has 0 aromatic heterocycles. The molecule has 1 N–H and O–H groups in total. The van der Waals surface area contributed by atoms with Gasteiger partial charge in [0.15, 0.2) is 0 Å². The molecule has 0 spiro atoms. The van der Waals surface area contributed by atoms with Crippen molar-refractivity contribution in [2.24, 2.45) is 0 Å². The van der Waals surface area contributed by atoms with Crippen molar-refractivity contribution in [3.63, 3.8) is 0 Å². The maximum absolute atomic E-state index is 9.22. The van der Waals surface area contributed by atoms with Gasteiger partial charge in [0.2, 0.25) is 0 Å². The van der Waals surface area contributed by atoms with E-state index in [0.717, 1.165) is 5.56 Å². The first-order valence-electron chi connectivity index (χ1n) is 4.01. The summed E-state index contributed by atoms with van der Waals surface area (Å²) >= 11 is 11.9. The zero-order valence-corrected chi connectivity index (χ0v) is 9.37. The molecular formula is C10H12Cl2O. The monoisotopic (exact) mass is 218 g/mol. The van der Waals surface area contributed by atoms with Crippen LogP contribution in [0, 0.1) is 0 Å². The van der Waals surface area contributed by atoms with Gasteiger partial charge in [0.25, 0.3) is 0 Å². The summed E-state index contributed by atoms with van der Waals surface area (Å²) in [5.41, 5.74) is 0.760. The van der Waals surface area contributed by atoms with Gasteiger partial charge in [-0.05, 0) is 23.1 Å². The fraction of sp³-hybridized carbons (Fsp3) is 0.400. The second kappa shape index (κ2) is 3.39. The molecule has 72 valence electrons. The van der Waals surface area contributed by atoms with Crippen LogP contribution in [0.4, 0.5) is 0 Å². The minimum Gasteiger partial charge on any atom is -0.508 e. The molecule has 0 fully saturated rings. The predicted octanol–water partition coefficient (Wildman–Crippen LogP) is 4.00. The molecular weight excluding hydrogens is 207 g/mol. The van der Waals surface area contributed by atoms with Crippen molar-refractivity contribution in [1.29, 1.82) is 0 Å². The summed E-state index contributed by atoms with van der Waals surface area (Å²) < 4.78 is 0. The Kier molecular flexibility index (Phi) is 2.79. The van der Waals surface area contributed by atoms with Crippen LogP contribution in [0.25, 0.3) is 0 Å². The number of aromatic hydroxyl groups is 1. The lowest BCUT2D eigenvalue weighted by Gasteiger charge is -2.22. The van der Waals surface area contributed by atoms with Crippen molar-refractivity contribution in [1.82, 2.24) is 0 Å². The molecule has 1 aromatic carbocycles. The predicted molar refractivity (Wildman–Crippen MR) is 56.8 cm³/mol. The van der Waals surface area contributed by atoms with E-state index in [0.29, 0.717) is 10.0 Å². The Hall–Kier alpha value is -0.400. The molecule has 0 amide bonds. The molecule has 0 aliphatic heterocycles. The van der Waals surface area contributed by atoms with E-state index < -0.39 is 0 Å². The van der Waals surface area contributed by atoms with Crippen LogP contribution >= 0.6 is 23.2 Å². The van der Waals surface area contributed by atoms with Gasteiger partial charge in [0.05, 0.1) is 0 Å². The highest BCUT2D eigenvalue weighted by atomic mass is 35.5. The highest BCUT2D eigenvalue weighted by molar-refractivity contribution is 6.36. The molecule has 0 saturated heterocycles. The second-order valence-corrected chi connectivity index (χ2v) is 4.85. The van der Waals surface area contributed by atoms with Crippen LogP contribution in [0.5, 0.6) is 5.75 Å². The summed E-state index contributed by atoms with van der Waals surface area (Å²) in [6.45, 7) is 6.07. The molecule has 0 radical (unpaired) electrons. The van der Waals surface area contributed by atoms with E-state index in [-0.39, 0.29) is 11.2 Å². The van der Waals surface area contributed by atoms with Crippen molar-refractivity contribution in [3.05, 3.63) is 27.7 Å². The Morgan fingerprint density at radius 1 is 1.08 bits per heavy atom. The lowest BCUT2D eigenvalue weighted by molar-refractivity contribution is 0.474. The van der Waals surface area contributed by atoms with Crippen molar-refractivity contribution in [2.75, 3.05) is 0 Å². The average Bonchev–Trinajstić information content (AvgIpc) is 1.78. The molecule has 1 aromatic rings. The molecule has 13 heavy (non-hydrogen) atoms. The lowest BCUT2D eigenvalue weighted by atomic mass is 9.87. The maximum Gasteiger partial charge on any atom is 0.118 e. The molecule has 1 rings (SSSR count). The van der Waals surface area contributed by atoms with Crippen molar-refractivity contribution >= 4 is 23.2 Å². The number of halogens is 2. The van der Waals surface area contributed by atoms with Gasteiger partial charge in [-0.1, -0.05) is 44.0 Å². The van der Waals surface area contributed by atoms with Gasteiger partial charge in [-0.15, -0.1) is 0 Å². The van der Waals surface area contributed by atoms with Gasteiger partial charge in [0, 0.05) is 10.0 Å². The first kappa shape index (κ1) is 10.7. The molecule has 0 saturated carbocycles. The van der Waals surface area contributed by atoms with Gasteiger partial charge in [0.1, 0.15) is 5.75 Å². The third kappa shape index (κ3) is 2.29. The van der Waals surface area contributed by atoms with E-state index >= 15 is 0 Å². The first-order chi connectivity index (χ1) is 5.82. The number of rotatable bonds is 0. The molecule has 0 bridgehead atoms. The van der Waals surface area contributed by atoms with E-state index in [2.05, 4.69) is 0 Å². The van der Waals surface area contributed by atoms with E-state index in [4.69, 9.17) is 23.2 Å². The van der Waals surface area contributed by atoms with Crippen molar-refractivity contribution < 1.29 is 5.11 Å². The standard InChI is InChI=1S/C10H12Cl2O/c1-10(2,3)9-7(11)4-6(13)5-8(9)12/h4-5,13H,1-3H3. The average molecular weight is 219 g/mol. The third-order valence-electron chi connectivity index (χ3n) is 1.78. The molecule has 0 atom stereocenters. The zero-order chi connectivity index (χ0) is 10.2. The molecule has 0 unspecified atom stereocenters. The van der Waals surface area contributed by atoms with Crippen LogP contribution < -0.4 is 0 Å². The van der Waals surface area contributed by atoms with Crippen LogP contribution in [0.1, 0.15) is 26.3 Å². The Labute approximate surface area is 88.3 Å². The number of phenolic OH excluding ortho intramolecular Hbond substituents is 1. The summed E-state index contributed by atoms with van der Waals surface area (Å²) in [4.78, 5) is 0. The van der Waals surface area contributed by atoms with Crippen molar-refractivity contribution in [2.45, 2.75) is 26.2 Å². The minimum absolute atomic E-state index is 0.100. The number of hydrogen-bond acceptors (Lipinski definition) is 1. The number of phenols is 1. The number of benzene rings is 1. The smallest absolute Gasteiger partial charge is 0.118 e. The van der Waals surface area contributed by atoms with Crippen LogP contribution in [0.3, 0.4) is 0 Å². The largest absolute Gasteiger partial charge is 0.508 e. The lowest BCUT2D eigenvalue weighted by Crippen LogP contribution is -2.12. The fourth-order valence-electron chi connectivity index (χ4n) is 1.28. The molecule has 0 heterocycles. The van der Waals surface area contributed by atoms with Gasteiger partial charge in [-0.3, -0.25) is 0 Å². The maximum atomic E-state index is 9.22. The van der Waals surface area contributed by atoms with E-state index in [9.17, 15) is 5.11 Å². The van der Waals surface area contributed by atoms with Crippen molar-refractivity contribution in [3.8, 4) is 5.75 Å². The fourth-order valence-corrected chi connectivity index (χ4v) is 2.32. The first-order valence-corrected chi connectivity index (χ1v) is 4.76. The van der Waals surface area contributed by atoms with E-state index in [1.165, 1.54) is 12.1 Å². The Bertz CT molecular complexity index is 303. The van der Waals surface area contributed by atoms with Crippen LogP contribution in [-0.4, -0.2) is 5.11 Å². The summed E-state index contributed by atoms with van der Waals surface area (Å²) in [6, 6.07) is 3.02. The number of hydrogen-bond donors (Lipinski definition) is 1. The summed E-state index contributed by atoms with van der Waals surface area (Å²) in [6.07, 6.45) is 0. The highest BCUT2D eigenvalue weighted by Gasteiger charge is 2.21. The summed E-state index contributed by atoms with van der Waals surface area (Å²) in [5, 5.41) is 10.2. The van der Waals surface area contributed by atoms with E-state index in [1.54, 1.807) is 0 Å². The normalized spacial score (nSPS) is 11.8. The van der Waals surface area contributed by atoms with Crippen LogP contribution in [0.15, 0.2) is 12.1 Å². The van der Waals surface area contributed by atoms with E-state index in [1.807, 2.05) is 20.8 Å².